The summed E-state index contributed by atoms with van der Waals surface area (Å²) in [5, 5.41) is 4.32. The zero-order valence-corrected chi connectivity index (χ0v) is 10.9. The highest BCUT2D eigenvalue weighted by atomic mass is 79.9. The van der Waals surface area contributed by atoms with Crippen molar-refractivity contribution in [1.29, 1.82) is 0 Å². The van der Waals surface area contributed by atoms with E-state index >= 15 is 0 Å². The summed E-state index contributed by atoms with van der Waals surface area (Å²) in [7, 11) is 1.89. The van der Waals surface area contributed by atoms with E-state index in [1.54, 1.807) is 4.68 Å². The molecule has 0 fully saturated rings. The maximum atomic E-state index is 6.17. The number of hydrogen-bond donors (Lipinski definition) is 1. The lowest BCUT2D eigenvalue weighted by Gasteiger charge is -2.10. The fraction of sp³-hybridized carbons (Fsp3) is 0.250. The highest BCUT2D eigenvalue weighted by molar-refractivity contribution is 9.10. The molecule has 1 heterocycles. The Morgan fingerprint density at radius 3 is 2.69 bits per heavy atom. The van der Waals surface area contributed by atoms with Crippen LogP contribution in [0.2, 0.25) is 0 Å². The summed E-state index contributed by atoms with van der Waals surface area (Å²) in [5.41, 5.74) is 9.32. The second kappa shape index (κ2) is 4.39. The molecule has 16 heavy (non-hydrogen) atoms. The van der Waals surface area contributed by atoms with Gasteiger partial charge in [0.05, 0.1) is 11.7 Å². The summed E-state index contributed by atoms with van der Waals surface area (Å²) in [4.78, 5) is 0. The third kappa shape index (κ3) is 2.33. The number of nitrogens with two attached hydrogens (primary N) is 1. The van der Waals surface area contributed by atoms with Crippen LogP contribution in [0.4, 0.5) is 0 Å². The molecular weight excluding hydrogens is 266 g/mol. The van der Waals surface area contributed by atoms with Crippen LogP contribution in [0.15, 0.2) is 34.9 Å². The van der Waals surface area contributed by atoms with Crippen LogP contribution in [-0.4, -0.2) is 9.78 Å². The number of hydrogen-bond acceptors (Lipinski definition) is 2. The van der Waals surface area contributed by atoms with Crippen LogP contribution >= 0.6 is 15.9 Å². The molecule has 4 heteroatoms. The van der Waals surface area contributed by atoms with Crippen LogP contribution in [0.25, 0.3) is 0 Å². The van der Waals surface area contributed by atoms with Gasteiger partial charge in [-0.15, -0.1) is 0 Å². The monoisotopic (exact) mass is 279 g/mol. The standard InChI is InChI=1S/C12H14BrN3/c1-8-5-9(7-10(13)6-8)12(14)11-3-4-16(2)15-11/h3-7,12H,14H2,1-2H3. The summed E-state index contributed by atoms with van der Waals surface area (Å²) in [5.74, 6) is 0. The maximum Gasteiger partial charge on any atom is 0.0837 e. The van der Waals surface area contributed by atoms with Crippen molar-refractivity contribution in [3.63, 3.8) is 0 Å². The molecule has 1 unspecified atom stereocenters. The summed E-state index contributed by atoms with van der Waals surface area (Å²) in [6.45, 7) is 2.05. The van der Waals surface area contributed by atoms with Crippen LogP contribution in [0.5, 0.6) is 0 Å². The third-order valence-electron chi connectivity index (χ3n) is 2.48. The van der Waals surface area contributed by atoms with Gasteiger partial charge in [-0.2, -0.15) is 5.10 Å². The minimum Gasteiger partial charge on any atom is -0.319 e. The first-order chi connectivity index (χ1) is 7.56. The van der Waals surface area contributed by atoms with Crippen LogP contribution in [0, 0.1) is 6.92 Å². The molecule has 2 aromatic rings. The lowest BCUT2D eigenvalue weighted by atomic mass is 10.0. The molecule has 1 aromatic carbocycles. The molecule has 0 aliphatic rings. The number of halogens is 1. The summed E-state index contributed by atoms with van der Waals surface area (Å²) >= 11 is 3.48. The summed E-state index contributed by atoms with van der Waals surface area (Å²) < 4.78 is 2.81. The van der Waals surface area contributed by atoms with Gasteiger partial charge < -0.3 is 5.73 Å². The number of benzene rings is 1. The number of nitrogens with zero attached hydrogens (tertiary/aromatic N) is 2. The molecular formula is C12H14BrN3. The fourth-order valence-electron chi connectivity index (χ4n) is 1.71. The van der Waals surface area contributed by atoms with Crippen molar-refractivity contribution in [3.05, 3.63) is 51.8 Å². The minimum absolute atomic E-state index is 0.169. The lowest BCUT2D eigenvalue weighted by molar-refractivity contribution is 0.715. The first-order valence-corrected chi connectivity index (χ1v) is 5.88. The molecule has 0 spiro atoms. The van der Waals surface area contributed by atoms with E-state index in [4.69, 9.17) is 5.73 Å². The van der Waals surface area contributed by atoms with E-state index in [9.17, 15) is 0 Å². The van der Waals surface area contributed by atoms with Crippen LogP contribution in [0.3, 0.4) is 0 Å². The molecule has 0 saturated heterocycles. The van der Waals surface area contributed by atoms with Gasteiger partial charge in [-0.25, -0.2) is 0 Å². The van der Waals surface area contributed by atoms with Gasteiger partial charge in [0.2, 0.25) is 0 Å². The molecule has 84 valence electrons. The number of aryl methyl sites for hydroxylation is 2. The van der Waals surface area contributed by atoms with Crippen molar-refractivity contribution < 1.29 is 0 Å². The van der Waals surface area contributed by atoms with Gasteiger partial charge in [-0.3, -0.25) is 4.68 Å². The topological polar surface area (TPSA) is 43.8 Å². The minimum atomic E-state index is -0.169. The van der Waals surface area contributed by atoms with Crippen molar-refractivity contribution in [3.8, 4) is 0 Å². The Labute approximate surface area is 103 Å². The van der Waals surface area contributed by atoms with Crippen LogP contribution in [-0.2, 0) is 7.05 Å². The highest BCUT2D eigenvalue weighted by Gasteiger charge is 2.12. The molecule has 0 saturated carbocycles. The Morgan fingerprint density at radius 1 is 1.38 bits per heavy atom. The third-order valence-corrected chi connectivity index (χ3v) is 2.93. The van der Waals surface area contributed by atoms with Gasteiger partial charge in [0.25, 0.3) is 0 Å². The fourth-order valence-corrected chi connectivity index (χ4v) is 2.34. The smallest absolute Gasteiger partial charge is 0.0837 e. The average Bonchev–Trinajstić information content (AvgIpc) is 2.62. The van der Waals surface area contributed by atoms with Gasteiger partial charge in [0.15, 0.2) is 0 Å². The van der Waals surface area contributed by atoms with Crippen molar-refractivity contribution in [2.24, 2.45) is 12.8 Å². The normalized spacial score (nSPS) is 12.8. The molecule has 0 amide bonds. The Hall–Kier alpha value is -1.13. The van der Waals surface area contributed by atoms with E-state index in [-0.39, 0.29) is 6.04 Å². The Morgan fingerprint density at radius 2 is 2.12 bits per heavy atom. The van der Waals surface area contributed by atoms with Gasteiger partial charge in [0, 0.05) is 17.7 Å². The van der Waals surface area contributed by atoms with E-state index in [0.717, 1.165) is 15.7 Å². The summed E-state index contributed by atoms with van der Waals surface area (Å²) in [6, 6.07) is 7.96. The van der Waals surface area contributed by atoms with Gasteiger partial charge in [-0.1, -0.05) is 22.0 Å². The Balaban J connectivity index is 2.37. The largest absolute Gasteiger partial charge is 0.319 e. The molecule has 0 aliphatic heterocycles. The van der Waals surface area contributed by atoms with Crippen molar-refractivity contribution >= 4 is 15.9 Å². The average molecular weight is 280 g/mol. The predicted octanol–water partition coefficient (Wildman–Crippen LogP) is 2.54. The molecule has 0 aliphatic carbocycles. The SMILES string of the molecule is Cc1cc(Br)cc(C(N)c2ccn(C)n2)c1. The van der Waals surface area contributed by atoms with Crippen molar-refractivity contribution in [1.82, 2.24) is 9.78 Å². The van der Waals surface area contributed by atoms with Gasteiger partial charge >= 0.3 is 0 Å². The molecule has 1 aromatic heterocycles. The number of aromatic nitrogens is 2. The van der Waals surface area contributed by atoms with Gasteiger partial charge in [0.1, 0.15) is 0 Å². The maximum absolute atomic E-state index is 6.17. The zero-order valence-electron chi connectivity index (χ0n) is 9.31. The van der Waals surface area contributed by atoms with Crippen molar-refractivity contribution in [2.75, 3.05) is 0 Å². The Kier molecular flexibility index (Phi) is 3.12. The molecule has 1 atom stereocenters. The second-order valence-corrected chi connectivity index (χ2v) is 4.87. The quantitative estimate of drug-likeness (QED) is 0.918. The molecule has 0 bridgehead atoms. The van der Waals surface area contributed by atoms with E-state index in [1.165, 1.54) is 5.56 Å². The molecule has 3 nitrogen and oxygen atoms in total. The predicted molar refractivity (Wildman–Crippen MR) is 68.1 cm³/mol. The molecule has 2 rings (SSSR count). The van der Waals surface area contributed by atoms with Crippen LogP contribution < -0.4 is 5.73 Å². The molecule has 2 N–H and O–H groups in total. The van der Waals surface area contributed by atoms with E-state index in [1.807, 2.05) is 25.4 Å². The highest BCUT2D eigenvalue weighted by Crippen LogP contribution is 2.23. The zero-order chi connectivity index (χ0) is 11.7. The summed E-state index contributed by atoms with van der Waals surface area (Å²) in [6.07, 6.45) is 1.90. The van der Waals surface area contributed by atoms with Crippen molar-refractivity contribution in [2.45, 2.75) is 13.0 Å². The second-order valence-electron chi connectivity index (χ2n) is 3.95. The van der Waals surface area contributed by atoms with Gasteiger partial charge in [-0.05, 0) is 36.2 Å². The molecule has 0 radical (unpaired) electrons. The lowest BCUT2D eigenvalue weighted by Crippen LogP contribution is -2.13. The Bertz CT molecular complexity index is 484. The van der Waals surface area contributed by atoms with E-state index in [0.29, 0.717) is 0 Å². The van der Waals surface area contributed by atoms with Crippen LogP contribution in [0.1, 0.15) is 22.9 Å². The van der Waals surface area contributed by atoms with E-state index < -0.39 is 0 Å². The van der Waals surface area contributed by atoms with E-state index in [2.05, 4.69) is 40.1 Å². The first kappa shape index (κ1) is 11.4. The number of rotatable bonds is 2. The first-order valence-electron chi connectivity index (χ1n) is 5.08.